The molecule has 1 aliphatic carbocycles. The number of nitrogens with two attached hydrogens (primary N) is 1. The maximum atomic E-state index is 8.92. The number of rotatable bonds is 5. The van der Waals surface area contributed by atoms with Crippen LogP contribution in [0.15, 0.2) is 17.3 Å². The minimum atomic E-state index is 0.122. The van der Waals surface area contributed by atoms with Crippen LogP contribution in [0.3, 0.4) is 0 Å². The molecule has 0 spiro atoms. The summed E-state index contributed by atoms with van der Waals surface area (Å²) >= 11 is 0. The SMILES string of the molecule is Cc1ccc(C(N)=NO)c(N(CC(C)C)C2CC2)n1. The van der Waals surface area contributed by atoms with Gasteiger partial charge in [0, 0.05) is 18.3 Å². The number of aromatic nitrogens is 1. The molecule has 0 aliphatic heterocycles. The molecule has 1 fully saturated rings. The lowest BCUT2D eigenvalue weighted by molar-refractivity contribution is 0.318. The lowest BCUT2D eigenvalue weighted by Crippen LogP contribution is -2.33. The van der Waals surface area contributed by atoms with E-state index in [1.54, 1.807) is 0 Å². The number of aryl methyl sites for hydroxylation is 1. The Labute approximate surface area is 114 Å². The third-order valence-electron chi connectivity index (χ3n) is 3.22. The fraction of sp³-hybridized carbons (Fsp3) is 0.571. The van der Waals surface area contributed by atoms with Crippen molar-refractivity contribution in [2.75, 3.05) is 11.4 Å². The average molecular weight is 262 g/mol. The van der Waals surface area contributed by atoms with E-state index in [1.165, 1.54) is 12.8 Å². The summed E-state index contributed by atoms with van der Waals surface area (Å²) in [5, 5.41) is 12.0. The number of oxime groups is 1. The second-order valence-electron chi connectivity index (χ2n) is 5.59. The maximum absolute atomic E-state index is 8.92. The minimum absolute atomic E-state index is 0.122. The van der Waals surface area contributed by atoms with E-state index in [2.05, 4.69) is 28.9 Å². The highest BCUT2D eigenvalue weighted by Crippen LogP contribution is 2.33. The highest BCUT2D eigenvalue weighted by molar-refractivity contribution is 6.01. The van der Waals surface area contributed by atoms with Crippen molar-refractivity contribution in [1.29, 1.82) is 0 Å². The van der Waals surface area contributed by atoms with Gasteiger partial charge in [0.25, 0.3) is 0 Å². The van der Waals surface area contributed by atoms with E-state index in [1.807, 2.05) is 19.1 Å². The molecule has 0 atom stereocenters. The zero-order chi connectivity index (χ0) is 14.0. The van der Waals surface area contributed by atoms with E-state index in [0.717, 1.165) is 18.1 Å². The minimum Gasteiger partial charge on any atom is -0.409 e. The van der Waals surface area contributed by atoms with Crippen LogP contribution >= 0.6 is 0 Å². The molecule has 0 bridgehead atoms. The number of hydrogen-bond acceptors (Lipinski definition) is 4. The number of nitrogens with zero attached hydrogens (tertiary/aromatic N) is 3. The monoisotopic (exact) mass is 262 g/mol. The molecule has 0 unspecified atom stereocenters. The molecule has 5 heteroatoms. The summed E-state index contributed by atoms with van der Waals surface area (Å²) in [6.45, 7) is 7.27. The molecule has 5 nitrogen and oxygen atoms in total. The largest absolute Gasteiger partial charge is 0.409 e. The Morgan fingerprint density at radius 2 is 2.21 bits per heavy atom. The second-order valence-corrected chi connectivity index (χ2v) is 5.59. The van der Waals surface area contributed by atoms with Crippen LogP contribution in [0, 0.1) is 12.8 Å². The first-order valence-electron chi connectivity index (χ1n) is 6.75. The van der Waals surface area contributed by atoms with Crippen LogP contribution in [0.4, 0.5) is 5.82 Å². The number of amidine groups is 1. The summed E-state index contributed by atoms with van der Waals surface area (Å²) < 4.78 is 0. The van der Waals surface area contributed by atoms with Crippen LogP contribution in [0.25, 0.3) is 0 Å². The van der Waals surface area contributed by atoms with E-state index in [0.29, 0.717) is 17.5 Å². The van der Waals surface area contributed by atoms with Crippen molar-refractivity contribution < 1.29 is 5.21 Å². The van der Waals surface area contributed by atoms with Crippen LogP contribution in [0.1, 0.15) is 37.9 Å². The number of anilines is 1. The molecular weight excluding hydrogens is 240 g/mol. The summed E-state index contributed by atoms with van der Waals surface area (Å²) in [6, 6.07) is 4.31. The van der Waals surface area contributed by atoms with Gasteiger partial charge in [0.1, 0.15) is 5.82 Å². The Kier molecular flexibility index (Phi) is 3.93. The van der Waals surface area contributed by atoms with Gasteiger partial charge in [-0.1, -0.05) is 19.0 Å². The van der Waals surface area contributed by atoms with Crippen molar-refractivity contribution >= 4 is 11.7 Å². The molecule has 2 rings (SSSR count). The molecule has 0 aromatic carbocycles. The first kappa shape index (κ1) is 13.6. The van der Waals surface area contributed by atoms with Crippen molar-refractivity contribution in [3.63, 3.8) is 0 Å². The van der Waals surface area contributed by atoms with Crippen molar-refractivity contribution in [1.82, 2.24) is 4.98 Å². The molecule has 1 aromatic heterocycles. The Morgan fingerprint density at radius 3 is 2.74 bits per heavy atom. The summed E-state index contributed by atoms with van der Waals surface area (Å²) in [7, 11) is 0. The summed E-state index contributed by atoms with van der Waals surface area (Å²) in [5.41, 5.74) is 7.42. The van der Waals surface area contributed by atoms with E-state index >= 15 is 0 Å². The van der Waals surface area contributed by atoms with E-state index in [-0.39, 0.29) is 5.84 Å². The van der Waals surface area contributed by atoms with Crippen LogP contribution in [0.2, 0.25) is 0 Å². The number of hydrogen-bond donors (Lipinski definition) is 2. The molecule has 1 aromatic rings. The van der Waals surface area contributed by atoms with Crippen molar-refractivity contribution in [3.8, 4) is 0 Å². The van der Waals surface area contributed by atoms with Gasteiger partial charge in [-0.3, -0.25) is 0 Å². The second kappa shape index (κ2) is 5.47. The predicted octanol–water partition coefficient (Wildman–Crippen LogP) is 2.11. The first-order valence-corrected chi connectivity index (χ1v) is 6.75. The molecule has 0 radical (unpaired) electrons. The van der Waals surface area contributed by atoms with Crippen LogP contribution < -0.4 is 10.6 Å². The normalized spacial score (nSPS) is 15.9. The lowest BCUT2D eigenvalue weighted by atomic mass is 10.1. The predicted molar refractivity (Wildman–Crippen MR) is 76.7 cm³/mol. The van der Waals surface area contributed by atoms with Gasteiger partial charge in [-0.2, -0.15) is 0 Å². The van der Waals surface area contributed by atoms with Gasteiger partial charge in [-0.05, 0) is 37.8 Å². The highest BCUT2D eigenvalue weighted by atomic mass is 16.4. The van der Waals surface area contributed by atoms with Gasteiger partial charge < -0.3 is 15.8 Å². The van der Waals surface area contributed by atoms with E-state index in [9.17, 15) is 0 Å². The Hall–Kier alpha value is -1.78. The van der Waals surface area contributed by atoms with Gasteiger partial charge in [-0.25, -0.2) is 4.98 Å². The fourth-order valence-electron chi connectivity index (χ4n) is 2.20. The lowest BCUT2D eigenvalue weighted by Gasteiger charge is -2.27. The van der Waals surface area contributed by atoms with Crippen molar-refractivity contribution in [2.24, 2.45) is 16.8 Å². The smallest absolute Gasteiger partial charge is 0.173 e. The summed E-state index contributed by atoms with van der Waals surface area (Å²) in [4.78, 5) is 6.91. The van der Waals surface area contributed by atoms with Gasteiger partial charge in [-0.15, -0.1) is 0 Å². The Morgan fingerprint density at radius 1 is 1.53 bits per heavy atom. The maximum Gasteiger partial charge on any atom is 0.173 e. The highest BCUT2D eigenvalue weighted by Gasteiger charge is 2.32. The topological polar surface area (TPSA) is 74.7 Å². The first-order chi connectivity index (χ1) is 9.02. The molecule has 1 aliphatic rings. The van der Waals surface area contributed by atoms with E-state index in [4.69, 9.17) is 10.9 Å². The molecule has 1 saturated carbocycles. The molecule has 0 saturated heterocycles. The zero-order valence-electron chi connectivity index (χ0n) is 11.8. The molecule has 19 heavy (non-hydrogen) atoms. The molecule has 104 valence electrons. The third-order valence-corrected chi connectivity index (χ3v) is 3.22. The number of pyridine rings is 1. The van der Waals surface area contributed by atoms with Gasteiger partial charge >= 0.3 is 0 Å². The molecular formula is C14H22N4O. The van der Waals surface area contributed by atoms with Gasteiger partial charge in [0.05, 0.1) is 5.56 Å². The summed E-state index contributed by atoms with van der Waals surface area (Å²) in [5.74, 6) is 1.51. The van der Waals surface area contributed by atoms with Crippen molar-refractivity contribution in [2.45, 2.75) is 39.7 Å². The van der Waals surface area contributed by atoms with Crippen LogP contribution in [0.5, 0.6) is 0 Å². The zero-order valence-corrected chi connectivity index (χ0v) is 11.8. The quantitative estimate of drug-likeness (QED) is 0.369. The average Bonchev–Trinajstić information content (AvgIpc) is 3.19. The standard InChI is InChI=1S/C14H22N4O/c1-9(2)8-18(11-5-6-11)14-12(13(15)17-19)7-4-10(3)16-14/h4,7,9,11,19H,5-6,8H2,1-3H3,(H2,15,17). The van der Waals surface area contributed by atoms with Crippen LogP contribution in [-0.2, 0) is 0 Å². The molecule has 1 heterocycles. The fourth-order valence-corrected chi connectivity index (χ4v) is 2.20. The van der Waals surface area contributed by atoms with Crippen LogP contribution in [-0.4, -0.2) is 28.6 Å². The Balaban J connectivity index is 2.42. The van der Waals surface area contributed by atoms with E-state index < -0.39 is 0 Å². The van der Waals surface area contributed by atoms with Crippen molar-refractivity contribution in [3.05, 3.63) is 23.4 Å². The summed E-state index contributed by atoms with van der Waals surface area (Å²) in [6.07, 6.45) is 2.38. The third kappa shape index (κ3) is 3.16. The van der Waals surface area contributed by atoms with Gasteiger partial charge in [0.15, 0.2) is 5.84 Å². The van der Waals surface area contributed by atoms with Gasteiger partial charge in [0.2, 0.25) is 0 Å². The molecule has 3 N–H and O–H groups in total. The molecule has 0 amide bonds. The Bertz CT molecular complexity index is 480.